The smallest absolute Gasteiger partial charge is 0.271 e. The first-order valence-corrected chi connectivity index (χ1v) is 16.7. The molecule has 2 aliphatic heterocycles. The van der Waals surface area contributed by atoms with Crippen LogP contribution in [0.25, 0.3) is 23.0 Å². The van der Waals surface area contributed by atoms with Gasteiger partial charge in [0.1, 0.15) is 11.6 Å². The van der Waals surface area contributed by atoms with Crippen molar-refractivity contribution < 1.29 is 18.0 Å². The normalized spacial score (nSPS) is 17.0. The van der Waals surface area contributed by atoms with Crippen LogP contribution in [0.5, 0.6) is 0 Å². The van der Waals surface area contributed by atoms with Gasteiger partial charge < -0.3 is 0 Å². The lowest BCUT2D eigenvalue weighted by molar-refractivity contribution is -0.140. The van der Waals surface area contributed by atoms with Crippen molar-refractivity contribution in [1.82, 2.24) is 19.0 Å². The monoisotopic (exact) mass is 631 g/mol. The van der Waals surface area contributed by atoms with Crippen LogP contribution < -0.4 is 0 Å². The van der Waals surface area contributed by atoms with Crippen LogP contribution in [0, 0.1) is 11.3 Å². The SMILES string of the molecule is CC1=C(C#N)C(=O)N(CCc2ccccc2)C(=O)/C1=C/c1cn(-c2ccccc2)nc1-c1ccc(S(=O)(=O)N2CCCCC2)cc1. The van der Waals surface area contributed by atoms with E-state index in [4.69, 9.17) is 5.10 Å². The summed E-state index contributed by atoms with van der Waals surface area (Å²) in [6, 6.07) is 27.6. The first-order valence-electron chi connectivity index (χ1n) is 15.3. The summed E-state index contributed by atoms with van der Waals surface area (Å²) >= 11 is 0. The third-order valence-electron chi connectivity index (χ3n) is 8.44. The van der Waals surface area contributed by atoms with Gasteiger partial charge >= 0.3 is 0 Å². The Morgan fingerprint density at radius 3 is 2.17 bits per heavy atom. The van der Waals surface area contributed by atoms with Crippen molar-refractivity contribution in [2.75, 3.05) is 19.6 Å². The molecule has 1 fully saturated rings. The number of imide groups is 1. The Hall–Kier alpha value is -5.11. The lowest BCUT2D eigenvalue weighted by atomic mass is 9.93. The number of sulfonamides is 1. The molecular weight excluding hydrogens is 598 g/mol. The maximum Gasteiger partial charge on any atom is 0.271 e. The predicted octanol–water partition coefficient (Wildman–Crippen LogP) is 5.55. The van der Waals surface area contributed by atoms with Crippen LogP contribution in [0.2, 0.25) is 0 Å². The molecule has 0 N–H and O–H groups in total. The molecule has 0 unspecified atom stereocenters. The molecule has 0 bridgehead atoms. The minimum atomic E-state index is -3.62. The van der Waals surface area contributed by atoms with Crippen molar-refractivity contribution in [2.45, 2.75) is 37.5 Å². The highest BCUT2D eigenvalue weighted by Crippen LogP contribution is 2.32. The summed E-state index contributed by atoms with van der Waals surface area (Å²) in [6.07, 6.45) is 6.63. The average molecular weight is 632 g/mol. The van der Waals surface area contributed by atoms with Gasteiger partial charge in [-0.2, -0.15) is 14.7 Å². The van der Waals surface area contributed by atoms with Gasteiger partial charge in [-0.25, -0.2) is 13.1 Å². The minimum absolute atomic E-state index is 0.0804. The minimum Gasteiger partial charge on any atom is -0.273 e. The van der Waals surface area contributed by atoms with Crippen molar-refractivity contribution in [3.63, 3.8) is 0 Å². The molecule has 3 heterocycles. The number of amides is 2. The summed E-state index contributed by atoms with van der Waals surface area (Å²) in [5.74, 6) is -1.09. The summed E-state index contributed by atoms with van der Waals surface area (Å²) < 4.78 is 29.8. The Balaban J connectivity index is 1.40. The van der Waals surface area contributed by atoms with E-state index in [9.17, 15) is 23.3 Å². The van der Waals surface area contributed by atoms with E-state index in [1.54, 1.807) is 48.1 Å². The quantitative estimate of drug-likeness (QED) is 0.186. The number of hydrogen-bond donors (Lipinski definition) is 0. The lowest BCUT2D eigenvalue weighted by Gasteiger charge is -2.27. The van der Waals surface area contributed by atoms with Gasteiger partial charge in [0.15, 0.2) is 0 Å². The molecule has 4 aromatic rings. The first-order chi connectivity index (χ1) is 22.3. The molecule has 10 heteroatoms. The zero-order valence-electron chi connectivity index (χ0n) is 25.5. The van der Waals surface area contributed by atoms with Gasteiger partial charge in [-0.1, -0.05) is 67.1 Å². The summed E-state index contributed by atoms with van der Waals surface area (Å²) in [4.78, 5) is 28.4. The number of rotatable bonds is 8. The van der Waals surface area contributed by atoms with Gasteiger partial charge in [0, 0.05) is 42.5 Å². The second-order valence-electron chi connectivity index (χ2n) is 11.4. The Morgan fingerprint density at radius 2 is 1.52 bits per heavy atom. The van der Waals surface area contributed by atoms with Crippen LogP contribution in [-0.2, 0) is 26.0 Å². The zero-order valence-corrected chi connectivity index (χ0v) is 26.3. The molecule has 1 aromatic heterocycles. The number of piperidine rings is 1. The Kier molecular flexibility index (Phi) is 8.79. The molecule has 9 nitrogen and oxygen atoms in total. The van der Waals surface area contributed by atoms with Gasteiger partial charge in [-0.15, -0.1) is 0 Å². The molecular formula is C36H33N5O4S. The van der Waals surface area contributed by atoms with Gasteiger partial charge in [-0.05, 0) is 67.7 Å². The van der Waals surface area contributed by atoms with Gasteiger partial charge in [0.05, 0.1) is 16.3 Å². The summed E-state index contributed by atoms with van der Waals surface area (Å²) in [5.41, 5.74) is 3.95. The van der Waals surface area contributed by atoms with Crippen LogP contribution in [0.3, 0.4) is 0 Å². The van der Waals surface area contributed by atoms with Crippen LogP contribution in [0.15, 0.2) is 113 Å². The fourth-order valence-electron chi connectivity index (χ4n) is 5.84. The van der Waals surface area contributed by atoms with Crippen LogP contribution in [-0.4, -0.2) is 58.9 Å². The fourth-order valence-corrected chi connectivity index (χ4v) is 7.36. The molecule has 0 spiro atoms. The van der Waals surface area contributed by atoms with E-state index in [1.807, 2.05) is 66.7 Å². The maximum atomic E-state index is 13.9. The van der Waals surface area contributed by atoms with E-state index < -0.39 is 21.8 Å². The van der Waals surface area contributed by atoms with Crippen LogP contribution >= 0.6 is 0 Å². The van der Waals surface area contributed by atoms with Gasteiger partial charge in [-0.3, -0.25) is 14.5 Å². The average Bonchev–Trinajstić information content (AvgIpc) is 3.52. The van der Waals surface area contributed by atoms with E-state index in [-0.39, 0.29) is 22.6 Å². The third kappa shape index (κ3) is 6.07. The summed E-state index contributed by atoms with van der Waals surface area (Å²) in [7, 11) is -3.62. The first kappa shape index (κ1) is 30.9. The van der Waals surface area contributed by atoms with Gasteiger partial charge in [0.25, 0.3) is 11.8 Å². The van der Waals surface area contributed by atoms with Crippen LogP contribution in [0.1, 0.15) is 37.3 Å². The Morgan fingerprint density at radius 1 is 0.870 bits per heavy atom. The highest BCUT2D eigenvalue weighted by atomic mass is 32.2. The van der Waals surface area contributed by atoms with Gasteiger partial charge in [0.2, 0.25) is 10.0 Å². The largest absolute Gasteiger partial charge is 0.273 e. The van der Waals surface area contributed by atoms with E-state index >= 15 is 0 Å². The molecule has 0 aliphatic carbocycles. The Labute approximate surface area is 268 Å². The van der Waals surface area contributed by atoms with E-state index in [1.165, 1.54) is 4.31 Å². The molecule has 3 aromatic carbocycles. The van der Waals surface area contributed by atoms with Crippen molar-refractivity contribution in [3.8, 4) is 23.0 Å². The predicted molar refractivity (Wildman–Crippen MR) is 175 cm³/mol. The van der Waals surface area contributed by atoms with Crippen molar-refractivity contribution >= 4 is 27.9 Å². The molecule has 2 amide bonds. The molecule has 6 rings (SSSR count). The number of carbonyl (C=O) groups excluding carboxylic acids is 2. The number of para-hydroxylation sites is 1. The summed E-state index contributed by atoms with van der Waals surface area (Å²) in [5, 5.41) is 14.7. The molecule has 46 heavy (non-hydrogen) atoms. The van der Waals surface area contributed by atoms with Crippen molar-refractivity contribution in [2.24, 2.45) is 0 Å². The van der Waals surface area contributed by atoms with Crippen molar-refractivity contribution in [1.29, 1.82) is 5.26 Å². The molecule has 2 aliphatic rings. The molecule has 0 radical (unpaired) electrons. The number of benzene rings is 3. The number of nitriles is 1. The fraction of sp³-hybridized carbons (Fsp3) is 0.222. The van der Waals surface area contributed by atoms with Crippen molar-refractivity contribution in [3.05, 3.63) is 119 Å². The number of carbonyl (C=O) groups is 2. The number of nitrogens with zero attached hydrogens (tertiary/aromatic N) is 5. The standard InChI is InChI=1S/C36H33N5O4S/c1-26-32(35(42)40(36(43)33(26)24-37)22-19-27-11-5-2-6-12-27)23-29-25-41(30-13-7-3-8-14-30)38-34(29)28-15-17-31(18-16-28)46(44,45)39-20-9-4-10-21-39/h2-3,5-8,11-18,23,25H,4,9-10,19-22H2,1H3/b32-23+. The van der Waals surface area contributed by atoms with Crippen LogP contribution in [0.4, 0.5) is 0 Å². The maximum absolute atomic E-state index is 13.9. The highest BCUT2D eigenvalue weighted by Gasteiger charge is 2.35. The second-order valence-corrected chi connectivity index (χ2v) is 13.3. The van der Waals surface area contributed by atoms with E-state index in [0.717, 1.165) is 35.4 Å². The zero-order chi connectivity index (χ0) is 32.3. The van der Waals surface area contributed by atoms with E-state index in [0.29, 0.717) is 41.9 Å². The number of hydrogen-bond acceptors (Lipinski definition) is 6. The topological polar surface area (TPSA) is 116 Å². The molecule has 232 valence electrons. The number of aromatic nitrogens is 2. The third-order valence-corrected chi connectivity index (χ3v) is 10.3. The highest BCUT2D eigenvalue weighted by molar-refractivity contribution is 7.89. The lowest BCUT2D eigenvalue weighted by Crippen LogP contribution is -2.43. The molecule has 0 atom stereocenters. The molecule has 0 saturated carbocycles. The Bertz CT molecular complexity index is 1980. The summed E-state index contributed by atoms with van der Waals surface area (Å²) in [6.45, 7) is 2.76. The molecule has 1 saturated heterocycles. The second kappa shape index (κ2) is 13.1. The van der Waals surface area contributed by atoms with E-state index in [2.05, 4.69) is 0 Å².